The highest BCUT2D eigenvalue weighted by Crippen LogP contribution is 2.36. The van der Waals surface area contributed by atoms with E-state index in [0.717, 1.165) is 12.8 Å². The van der Waals surface area contributed by atoms with Crippen LogP contribution in [0.15, 0.2) is 16.6 Å². The van der Waals surface area contributed by atoms with E-state index in [1.807, 2.05) is 13.8 Å². The van der Waals surface area contributed by atoms with E-state index in [0.29, 0.717) is 47.9 Å². The Hall–Kier alpha value is -1.27. The number of ether oxygens (including phenoxy) is 3. The first kappa shape index (κ1) is 18.8. The van der Waals surface area contributed by atoms with Crippen LogP contribution < -0.4 is 14.8 Å². The molecule has 0 radical (unpaired) electrons. The molecule has 0 unspecified atom stereocenters. The number of methoxy groups -OCH3 is 1. The third-order valence-corrected chi connectivity index (χ3v) is 3.49. The van der Waals surface area contributed by atoms with Gasteiger partial charge in [0.1, 0.15) is 0 Å². The Morgan fingerprint density at radius 3 is 2.68 bits per heavy atom. The van der Waals surface area contributed by atoms with Gasteiger partial charge in [-0.2, -0.15) is 0 Å². The maximum absolute atomic E-state index is 12.2. The summed E-state index contributed by atoms with van der Waals surface area (Å²) in [4.78, 5) is 12.2. The second kappa shape index (κ2) is 10.5. The first-order valence-corrected chi connectivity index (χ1v) is 8.29. The van der Waals surface area contributed by atoms with E-state index in [1.54, 1.807) is 19.2 Å². The molecule has 0 bridgehead atoms. The van der Waals surface area contributed by atoms with Crippen molar-refractivity contribution in [3.63, 3.8) is 0 Å². The van der Waals surface area contributed by atoms with Crippen molar-refractivity contribution < 1.29 is 19.0 Å². The number of amides is 1. The van der Waals surface area contributed by atoms with Gasteiger partial charge in [-0.3, -0.25) is 4.79 Å². The Kier molecular flexibility index (Phi) is 8.92. The molecule has 1 aromatic rings. The second-order valence-electron chi connectivity index (χ2n) is 4.64. The molecular weight excluding hydrogens is 350 g/mol. The number of rotatable bonds is 10. The van der Waals surface area contributed by atoms with E-state index < -0.39 is 0 Å². The van der Waals surface area contributed by atoms with E-state index in [9.17, 15) is 4.79 Å². The highest BCUT2D eigenvalue weighted by molar-refractivity contribution is 9.10. The lowest BCUT2D eigenvalue weighted by Crippen LogP contribution is -2.25. The molecule has 1 rings (SSSR count). The van der Waals surface area contributed by atoms with Crippen LogP contribution in [0.3, 0.4) is 0 Å². The SMILES string of the molecule is CCCOc1c(Br)cc(C(=O)NCCCOCC)cc1OC. The Labute approximate surface area is 140 Å². The summed E-state index contributed by atoms with van der Waals surface area (Å²) in [6.45, 7) is 6.49. The Morgan fingerprint density at radius 2 is 2.05 bits per heavy atom. The first-order chi connectivity index (χ1) is 10.6. The number of benzene rings is 1. The highest BCUT2D eigenvalue weighted by Gasteiger charge is 2.15. The van der Waals surface area contributed by atoms with Crippen molar-refractivity contribution in [2.75, 3.05) is 33.5 Å². The zero-order chi connectivity index (χ0) is 16.4. The standard InChI is InChI=1S/C16H24BrNO4/c1-4-8-22-15-13(17)10-12(11-14(15)20-3)16(19)18-7-6-9-21-5-2/h10-11H,4-9H2,1-3H3,(H,18,19). The number of halogens is 1. The van der Waals surface area contributed by atoms with Gasteiger partial charge in [0, 0.05) is 25.3 Å². The highest BCUT2D eigenvalue weighted by atomic mass is 79.9. The minimum absolute atomic E-state index is 0.141. The largest absolute Gasteiger partial charge is 0.493 e. The maximum atomic E-state index is 12.2. The number of hydrogen-bond acceptors (Lipinski definition) is 4. The average molecular weight is 374 g/mol. The van der Waals surface area contributed by atoms with E-state index in [2.05, 4.69) is 21.2 Å². The summed E-state index contributed by atoms with van der Waals surface area (Å²) in [5, 5.41) is 2.86. The molecule has 0 atom stereocenters. The van der Waals surface area contributed by atoms with Crippen molar-refractivity contribution in [3.8, 4) is 11.5 Å². The van der Waals surface area contributed by atoms with Crippen LogP contribution in [-0.4, -0.2) is 39.4 Å². The Bertz CT molecular complexity index is 479. The molecule has 0 heterocycles. The molecule has 0 fully saturated rings. The third-order valence-electron chi connectivity index (χ3n) is 2.90. The lowest BCUT2D eigenvalue weighted by Gasteiger charge is -2.14. The van der Waals surface area contributed by atoms with Gasteiger partial charge >= 0.3 is 0 Å². The molecule has 0 spiro atoms. The van der Waals surface area contributed by atoms with Crippen LogP contribution in [0.5, 0.6) is 11.5 Å². The summed E-state index contributed by atoms with van der Waals surface area (Å²) >= 11 is 3.43. The van der Waals surface area contributed by atoms with Gasteiger partial charge in [-0.1, -0.05) is 6.92 Å². The van der Waals surface area contributed by atoms with Crippen molar-refractivity contribution in [1.82, 2.24) is 5.32 Å². The predicted molar refractivity (Wildman–Crippen MR) is 89.9 cm³/mol. The van der Waals surface area contributed by atoms with Crippen molar-refractivity contribution in [2.45, 2.75) is 26.7 Å². The molecule has 6 heteroatoms. The summed E-state index contributed by atoms with van der Waals surface area (Å²) in [7, 11) is 1.56. The predicted octanol–water partition coefficient (Wildman–Crippen LogP) is 3.40. The van der Waals surface area contributed by atoms with Crippen molar-refractivity contribution >= 4 is 21.8 Å². The van der Waals surface area contributed by atoms with Crippen LogP contribution in [0, 0.1) is 0 Å². The van der Waals surface area contributed by atoms with Crippen molar-refractivity contribution in [2.24, 2.45) is 0 Å². The molecule has 0 aliphatic rings. The molecule has 0 aromatic heterocycles. The number of carbonyl (C=O) groups excluding carboxylic acids is 1. The minimum atomic E-state index is -0.141. The molecule has 124 valence electrons. The molecule has 0 saturated carbocycles. The molecular formula is C16H24BrNO4. The van der Waals surface area contributed by atoms with Gasteiger partial charge in [-0.15, -0.1) is 0 Å². The number of hydrogen-bond donors (Lipinski definition) is 1. The van der Waals surface area contributed by atoms with Crippen molar-refractivity contribution in [3.05, 3.63) is 22.2 Å². The smallest absolute Gasteiger partial charge is 0.251 e. The van der Waals surface area contributed by atoms with E-state index in [4.69, 9.17) is 14.2 Å². The zero-order valence-electron chi connectivity index (χ0n) is 13.4. The molecule has 1 N–H and O–H groups in total. The van der Waals surface area contributed by atoms with Crippen molar-refractivity contribution in [1.29, 1.82) is 0 Å². The summed E-state index contributed by atoms with van der Waals surface area (Å²) in [6, 6.07) is 3.43. The van der Waals surface area contributed by atoms with E-state index in [1.165, 1.54) is 0 Å². The molecule has 1 aromatic carbocycles. The van der Waals surface area contributed by atoms with E-state index >= 15 is 0 Å². The molecule has 0 aliphatic heterocycles. The molecule has 1 amide bonds. The molecule has 22 heavy (non-hydrogen) atoms. The topological polar surface area (TPSA) is 56.8 Å². The normalized spacial score (nSPS) is 10.4. The third kappa shape index (κ3) is 5.85. The molecule has 0 saturated heterocycles. The number of carbonyl (C=O) groups is 1. The van der Waals surface area contributed by atoms with Crippen LogP contribution in [-0.2, 0) is 4.74 Å². The van der Waals surface area contributed by atoms with Gasteiger partial charge in [-0.25, -0.2) is 0 Å². The van der Waals surface area contributed by atoms with Gasteiger partial charge in [0.25, 0.3) is 5.91 Å². The van der Waals surface area contributed by atoms with Crippen LogP contribution in [0.2, 0.25) is 0 Å². The summed E-state index contributed by atoms with van der Waals surface area (Å²) in [5.41, 5.74) is 0.531. The monoisotopic (exact) mass is 373 g/mol. The quantitative estimate of drug-likeness (QED) is 0.638. The Balaban J connectivity index is 2.70. The van der Waals surface area contributed by atoms with Crippen LogP contribution in [0.25, 0.3) is 0 Å². The van der Waals surface area contributed by atoms with Gasteiger partial charge in [0.05, 0.1) is 18.2 Å². The number of nitrogens with one attached hydrogen (secondary N) is 1. The summed E-state index contributed by atoms with van der Waals surface area (Å²) < 4.78 is 16.9. The summed E-state index contributed by atoms with van der Waals surface area (Å²) in [5.74, 6) is 1.03. The minimum Gasteiger partial charge on any atom is -0.493 e. The second-order valence-corrected chi connectivity index (χ2v) is 5.50. The molecule has 5 nitrogen and oxygen atoms in total. The van der Waals surface area contributed by atoms with Gasteiger partial charge < -0.3 is 19.5 Å². The van der Waals surface area contributed by atoms with E-state index in [-0.39, 0.29) is 5.91 Å². The van der Waals surface area contributed by atoms with Gasteiger partial charge in [0.15, 0.2) is 11.5 Å². The zero-order valence-corrected chi connectivity index (χ0v) is 15.0. The van der Waals surface area contributed by atoms with Crippen LogP contribution in [0.4, 0.5) is 0 Å². The maximum Gasteiger partial charge on any atom is 0.251 e. The Morgan fingerprint density at radius 1 is 1.27 bits per heavy atom. The fourth-order valence-electron chi connectivity index (χ4n) is 1.82. The fraction of sp³-hybridized carbons (Fsp3) is 0.562. The lowest BCUT2D eigenvalue weighted by molar-refractivity contribution is 0.0943. The summed E-state index contributed by atoms with van der Waals surface area (Å²) in [6.07, 6.45) is 1.69. The molecule has 0 aliphatic carbocycles. The lowest BCUT2D eigenvalue weighted by atomic mass is 10.2. The fourth-order valence-corrected chi connectivity index (χ4v) is 2.37. The first-order valence-electron chi connectivity index (χ1n) is 7.50. The van der Waals surface area contributed by atoms with Crippen LogP contribution >= 0.6 is 15.9 Å². The van der Waals surface area contributed by atoms with Crippen LogP contribution in [0.1, 0.15) is 37.0 Å². The van der Waals surface area contributed by atoms with Gasteiger partial charge in [-0.05, 0) is 47.8 Å². The average Bonchev–Trinajstić information content (AvgIpc) is 2.52. The van der Waals surface area contributed by atoms with Gasteiger partial charge in [0.2, 0.25) is 0 Å².